The maximum atomic E-state index is 12.3. The minimum absolute atomic E-state index is 0.0938. The number of nitrogens with zero attached hydrogens (tertiary/aromatic N) is 3. The van der Waals surface area contributed by atoms with E-state index in [9.17, 15) is 9.59 Å². The zero-order chi connectivity index (χ0) is 16.1. The SMILES string of the molecule is O=C(CCN1CCCCO1)N1CCN(C(=O)[C@H]2CCCO2)CC1. The Bertz CT molecular complexity index is 412. The van der Waals surface area contributed by atoms with E-state index in [0.717, 1.165) is 38.8 Å². The van der Waals surface area contributed by atoms with Crippen LogP contribution in [-0.4, -0.2) is 85.3 Å². The largest absolute Gasteiger partial charge is 0.368 e. The predicted octanol–water partition coefficient (Wildman–Crippen LogP) is 0.254. The Morgan fingerprint density at radius 3 is 2.35 bits per heavy atom. The lowest BCUT2D eigenvalue weighted by atomic mass is 10.2. The van der Waals surface area contributed by atoms with E-state index >= 15 is 0 Å². The number of carbonyl (C=O) groups excluding carboxylic acids is 2. The molecule has 3 aliphatic heterocycles. The van der Waals surface area contributed by atoms with Gasteiger partial charge in [-0.1, -0.05) is 0 Å². The molecule has 0 aromatic rings. The predicted molar refractivity (Wildman–Crippen MR) is 83.5 cm³/mol. The van der Waals surface area contributed by atoms with Gasteiger partial charge in [-0.05, 0) is 25.7 Å². The third-order valence-electron chi connectivity index (χ3n) is 4.80. The second-order valence-corrected chi connectivity index (χ2v) is 6.43. The maximum absolute atomic E-state index is 12.3. The van der Waals surface area contributed by atoms with Crippen molar-refractivity contribution in [1.82, 2.24) is 14.9 Å². The minimum atomic E-state index is -0.256. The van der Waals surface area contributed by atoms with Gasteiger partial charge in [-0.2, -0.15) is 5.06 Å². The lowest BCUT2D eigenvalue weighted by Crippen LogP contribution is -2.53. The Kier molecular flexibility index (Phi) is 5.85. The number of hydroxylamine groups is 2. The summed E-state index contributed by atoms with van der Waals surface area (Å²) in [5.41, 5.74) is 0. The van der Waals surface area contributed by atoms with Crippen molar-refractivity contribution >= 4 is 11.8 Å². The highest BCUT2D eigenvalue weighted by Gasteiger charge is 2.31. The van der Waals surface area contributed by atoms with Gasteiger partial charge >= 0.3 is 0 Å². The van der Waals surface area contributed by atoms with Crippen molar-refractivity contribution < 1.29 is 19.2 Å². The van der Waals surface area contributed by atoms with Gasteiger partial charge in [0.1, 0.15) is 6.10 Å². The average Bonchev–Trinajstić information content (AvgIpc) is 3.15. The number of hydrogen-bond donors (Lipinski definition) is 0. The summed E-state index contributed by atoms with van der Waals surface area (Å²) < 4.78 is 5.46. The molecule has 3 fully saturated rings. The summed E-state index contributed by atoms with van der Waals surface area (Å²) in [5.74, 6) is 0.250. The highest BCUT2D eigenvalue weighted by Crippen LogP contribution is 2.16. The molecule has 3 aliphatic rings. The zero-order valence-corrected chi connectivity index (χ0v) is 13.7. The van der Waals surface area contributed by atoms with Crippen LogP contribution in [0, 0.1) is 0 Å². The van der Waals surface area contributed by atoms with Crippen molar-refractivity contribution in [3.63, 3.8) is 0 Å². The number of hydrogen-bond acceptors (Lipinski definition) is 5. The molecule has 0 bridgehead atoms. The van der Waals surface area contributed by atoms with Gasteiger partial charge in [0.2, 0.25) is 5.91 Å². The van der Waals surface area contributed by atoms with Gasteiger partial charge in [0.15, 0.2) is 0 Å². The zero-order valence-electron chi connectivity index (χ0n) is 13.7. The molecule has 3 heterocycles. The van der Waals surface area contributed by atoms with E-state index in [1.165, 1.54) is 0 Å². The van der Waals surface area contributed by atoms with Crippen LogP contribution in [0.25, 0.3) is 0 Å². The summed E-state index contributed by atoms with van der Waals surface area (Å²) in [6.45, 7) is 5.50. The Morgan fingerprint density at radius 2 is 1.70 bits per heavy atom. The monoisotopic (exact) mass is 325 g/mol. The van der Waals surface area contributed by atoms with Gasteiger partial charge in [0, 0.05) is 52.3 Å². The molecule has 0 spiro atoms. The molecule has 0 radical (unpaired) electrons. The molecule has 0 aliphatic carbocycles. The first-order valence-corrected chi connectivity index (χ1v) is 8.80. The Hall–Kier alpha value is -1.18. The first-order chi connectivity index (χ1) is 11.2. The van der Waals surface area contributed by atoms with E-state index < -0.39 is 0 Å². The highest BCUT2D eigenvalue weighted by atomic mass is 16.7. The molecule has 0 unspecified atom stereocenters. The van der Waals surface area contributed by atoms with Crippen LogP contribution in [0.2, 0.25) is 0 Å². The van der Waals surface area contributed by atoms with Crippen molar-refractivity contribution in [3.05, 3.63) is 0 Å². The topological polar surface area (TPSA) is 62.3 Å². The number of amides is 2. The van der Waals surface area contributed by atoms with E-state index in [0.29, 0.717) is 45.8 Å². The maximum Gasteiger partial charge on any atom is 0.251 e. The molecule has 3 saturated heterocycles. The Morgan fingerprint density at radius 1 is 0.913 bits per heavy atom. The minimum Gasteiger partial charge on any atom is -0.368 e. The van der Waals surface area contributed by atoms with Crippen LogP contribution in [0.15, 0.2) is 0 Å². The van der Waals surface area contributed by atoms with Gasteiger partial charge in [-0.25, -0.2) is 0 Å². The van der Waals surface area contributed by atoms with Crippen molar-refractivity contribution in [2.75, 3.05) is 52.5 Å². The van der Waals surface area contributed by atoms with E-state index in [4.69, 9.17) is 9.57 Å². The van der Waals surface area contributed by atoms with Gasteiger partial charge in [0.05, 0.1) is 6.61 Å². The first kappa shape index (κ1) is 16.7. The molecular weight excluding hydrogens is 298 g/mol. The molecule has 7 heteroatoms. The smallest absolute Gasteiger partial charge is 0.251 e. The van der Waals surface area contributed by atoms with Gasteiger partial charge in [-0.15, -0.1) is 0 Å². The molecule has 3 rings (SSSR count). The fourth-order valence-electron chi connectivity index (χ4n) is 3.36. The summed E-state index contributed by atoms with van der Waals surface area (Å²) in [4.78, 5) is 33.8. The van der Waals surface area contributed by atoms with Crippen molar-refractivity contribution in [2.45, 2.75) is 38.2 Å². The van der Waals surface area contributed by atoms with Crippen LogP contribution < -0.4 is 0 Å². The molecule has 2 amide bonds. The van der Waals surface area contributed by atoms with E-state index in [2.05, 4.69) is 0 Å². The molecule has 0 saturated carbocycles. The van der Waals surface area contributed by atoms with Gasteiger partial charge < -0.3 is 14.5 Å². The molecule has 0 aromatic heterocycles. The van der Waals surface area contributed by atoms with Crippen LogP contribution in [0.1, 0.15) is 32.1 Å². The van der Waals surface area contributed by atoms with Crippen LogP contribution in [0.4, 0.5) is 0 Å². The summed E-state index contributed by atoms with van der Waals surface area (Å²) in [6.07, 6.45) is 4.26. The third-order valence-corrected chi connectivity index (χ3v) is 4.80. The van der Waals surface area contributed by atoms with E-state index in [1.807, 2.05) is 14.9 Å². The lowest BCUT2D eigenvalue weighted by molar-refractivity contribution is -0.182. The molecule has 0 aromatic carbocycles. The summed E-state index contributed by atoms with van der Waals surface area (Å²) >= 11 is 0. The molecule has 1 atom stereocenters. The lowest BCUT2D eigenvalue weighted by Gasteiger charge is -2.36. The standard InChI is InChI=1S/C16H27N3O4/c20-15(5-7-19-6-1-2-13-23-19)17-8-10-18(11-9-17)16(21)14-4-3-12-22-14/h14H,1-13H2/t14-/m1/s1. The van der Waals surface area contributed by atoms with Gasteiger partial charge in [-0.3, -0.25) is 14.4 Å². The van der Waals surface area contributed by atoms with Crippen LogP contribution in [0.5, 0.6) is 0 Å². The van der Waals surface area contributed by atoms with Crippen LogP contribution in [0.3, 0.4) is 0 Å². The van der Waals surface area contributed by atoms with Crippen molar-refractivity contribution in [2.24, 2.45) is 0 Å². The normalized spacial score (nSPS) is 26.5. The van der Waals surface area contributed by atoms with Crippen molar-refractivity contribution in [1.29, 1.82) is 0 Å². The molecular formula is C16H27N3O4. The Balaban J connectivity index is 1.37. The van der Waals surface area contributed by atoms with Crippen LogP contribution >= 0.6 is 0 Å². The van der Waals surface area contributed by atoms with Crippen LogP contribution in [-0.2, 0) is 19.2 Å². The quantitative estimate of drug-likeness (QED) is 0.742. The fourth-order valence-corrected chi connectivity index (χ4v) is 3.36. The van der Waals surface area contributed by atoms with E-state index in [1.54, 1.807) is 0 Å². The number of carbonyl (C=O) groups is 2. The van der Waals surface area contributed by atoms with E-state index in [-0.39, 0.29) is 17.9 Å². The van der Waals surface area contributed by atoms with Crippen molar-refractivity contribution in [3.8, 4) is 0 Å². The molecule has 130 valence electrons. The number of ether oxygens (including phenoxy) is 1. The Labute approximate surface area is 137 Å². The fraction of sp³-hybridized carbons (Fsp3) is 0.875. The second-order valence-electron chi connectivity index (χ2n) is 6.43. The second kappa shape index (κ2) is 8.08. The molecule has 7 nitrogen and oxygen atoms in total. The number of piperazine rings is 1. The highest BCUT2D eigenvalue weighted by molar-refractivity contribution is 5.82. The first-order valence-electron chi connectivity index (χ1n) is 8.80. The average molecular weight is 325 g/mol. The molecule has 0 N–H and O–H groups in total. The summed E-state index contributed by atoms with van der Waals surface area (Å²) in [7, 11) is 0. The number of rotatable bonds is 4. The third kappa shape index (κ3) is 4.43. The molecule has 23 heavy (non-hydrogen) atoms. The van der Waals surface area contributed by atoms with Gasteiger partial charge in [0.25, 0.3) is 5.91 Å². The summed E-state index contributed by atoms with van der Waals surface area (Å²) in [6, 6.07) is 0. The summed E-state index contributed by atoms with van der Waals surface area (Å²) in [5, 5.41) is 1.90.